The Balaban J connectivity index is 2.15. The van der Waals surface area contributed by atoms with Gasteiger partial charge in [-0.25, -0.2) is 4.98 Å². The number of H-pyrrole nitrogens is 1. The molecule has 0 radical (unpaired) electrons. The summed E-state index contributed by atoms with van der Waals surface area (Å²) in [5.74, 6) is 0. The maximum Gasteiger partial charge on any atom is 0.256 e. The molecule has 0 fully saturated rings. The zero-order valence-electron chi connectivity index (χ0n) is 12.5. The summed E-state index contributed by atoms with van der Waals surface area (Å²) in [6.07, 6.45) is 5.43. The lowest BCUT2D eigenvalue weighted by Gasteiger charge is -2.08. The van der Waals surface area contributed by atoms with E-state index in [1.165, 1.54) is 0 Å². The first-order valence-electron chi connectivity index (χ1n) is 7.23. The van der Waals surface area contributed by atoms with Crippen molar-refractivity contribution in [2.24, 2.45) is 0 Å². The maximum absolute atomic E-state index is 12.4. The van der Waals surface area contributed by atoms with Crippen LogP contribution in [0.2, 0.25) is 5.15 Å². The molecule has 0 atom stereocenters. The van der Waals surface area contributed by atoms with E-state index in [0.717, 1.165) is 35.0 Å². The van der Waals surface area contributed by atoms with Crippen molar-refractivity contribution in [2.75, 3.05) is 0 Å². The molecule has 112 valence electrons. The molecule has 0 aliphatic heterocycles. The topological polar surface area (TPSA) is 58.6 Å². The molecule has 0 amide bonds. The number of halogens is 1. The fraction of sp³-hybridized carbons (Fsp3) is 0.235. The van der Waals surface area contributed by atoms with E-state index in [4.69, 9.17) is 11.6 Å². The number of hydrogen-bond donors (Lipinski definition) is 1. The standard InChI is InChI=1S/C17H16ClN3O/c1-3-4-12-5-10(2)14(9-19-12)13-6-11-8-20-16(18)7-15(11)21-17(13)22/h5-9H,3-4H2,1-2H3,(H,21,22). The van der Waals surface area contributed by atoms with E-state index in [1.807, 2.05) is 19.1 Å². The van der Waals surface area contributed by atoms with E-state index in [9.17, 15) is 4.79 Å². The van der Waals surface area contributed by atoms with Crippen LogP contribution in [0.4, 0.5) is 0 Å². The molecule has 0 spiro atoms. The molecule has 0 aromatic carbocycles. The van der Waals surface area contributed by atoms with E-state index < -0.39 is 0 Å². The summed E-state index contributed by atoms with van der Waals surface area (Å²) in [6.45, 7) is 4.12. The second-order valence-electron chi connectivity index (χ2n) is 5.35. The minimum atomic E-state index is -0.150. The second-order valence-corrected chi connectivity index (χ2v) is 5.73. The summed E-state index contributed by atoms with van der Waals surface area (Å²) in [6, 6.07) is 5.53. The van der Waals surface area contributed by atoms with Crippen LogP contribution < -0.4 is 5.56 Å². The summed E-state index contributed by atoms with van der Waals surface area (Å²) < 4.78 is 0. The molecule has 5 heteroatoms. The van der Waals surface area contributed by atoms with Crippen molar-refractivity contribution < 1.29 is 0 Å². The Kier molecular flexibility index (Phi) is 3.94. The summed E-state index contributed by atoms with van der Waals surface area (Å²) in [5.41, 5.74) is 4.08. The molecule has 4 nitrogen and oxygen atoms in total. The third kappa shape index (κ3) is 2.74. The number of nitrogens with zero attached hydrogens (tertiary/aromatic N) is 2. The lowest BCUT2D eigenvalue weighted by atomic mass is 10.0. The van der Waals surface area contributed by atoms with Gasteiger partial charge in [-0.15, -0.1) is 0 Å². The summed E-state index contributed by atoms with van der Waals surface area (Å²) in [5, 5.41) is 1.20. The van der Waals surface area contributed by atoms with Gasteiger partial charge in [-0.05, 0) is 37.1 Å². The van der Waals surface area contributed by atoms with Gasteiger partial charge in [0.2, 0.25) is 0 Å². The Morgan fingerprint density at radius 1 is 1.14 bits per heavy atom. The molecule has 3 heterocycles. The first-order valence-corrected chi connectivity index (χ1v) is 7.60. The van der Waals surface area contributed by atoms with Gasteiger partial charge in [-0.3, -0.25) is 9.78 Å². The van der Waals surface area contributed by atoms with Gasteiger partial charge in [-0.1, -0.05) is 24.9 Å². The fourth-order valence-electron chi connectivity index (χ4n) is 2.56. The Hall–Kier alpha value is -2.20. The smallest absolute Gasteiger partial charge is 0.256 e. The van der Waals surface area contributed by atoms with Gasteiger partial charge >= 0.3 is 0 Å². The number of aromatic nitrogens is 3. The van der Waals surface area contributed by atoms with Crippen LogP contribution in [0.1, 0.15) is 24.6 Å². The average Bonchev–Trinajstić information content (AvgIpc) is 2.47. The zero-order valence-corrected chi connectivity index (χ0v) is 13.2. The number of fused-ring (bicyclic) bond motifs is 1. The maximum atomic E-state index is 12.4. The quantitative estimate of drug-likeness (QED) is 0.746. The van der Waals surface area contributed by atoms with Crippen LogP contribution in [-0.2, 0) is 6.42 Å². The highest BCUT2D eigenvalue weighted by atomic mass is 35.5. The highest BCUT2D eigenvalue weighted by molar-refractivity contribution is 6.30. The monoisotopic (exact) mass is 313 g/mol. The van der Waals surface area contributed by atoms with Crippen molar-refractivity contribution in [3.63, 3.8) is 0 Å². The van der Waals surface area contributed by atoms with Gasteiger partial charge in [0.25, 0.3) is 5.56 Å². The van der Waals surface area contributed by atoms with E-state index >= 15 is 0 Å². The number of aromatic amines is 1. The molecule has 0 saturated carbocycles. The molecule has 22 heavy (non-hydrogen) atoms. The van der Waals surface area contributed by atoms with Crippen LogP contribution in [0.3, 0.4) is 0 Å². The molecule has 3 aromatic heterocycles. The SMILES string of the molecule is CCCc1cc(C)c(-c2cc3cnc(Cl)cc3[nH]c2=O)cn1. The molecule has 0 saturated heterocycles. The van der Waals surface area contributed by atoms with Gasteiger partial charge < -0.3 is 4.98 Å². The van der Waals surface area contributed by atoms with Crippen LogP contribution in [0.5, 0.6) is 0 Å². The van der Waals surface area contributed by atoms with Crippen LogP contribution in [-0.4, -0.2) is 15.0 Å². The third-order valence-corrected chi connectivity index (χ3v) is 3.86. The van der Waals surface area contributed by atoms with E-state index in [2.05, 4.69) is 21.9 Å². The summed E-state index contributed by atoms with van der Waals surface area (Å²) in [7, 11) is 0. The van der Waals surface area contributed by atoms with Crippen molar-refractivity contribution in [2.45, 2.75) is 26.7 Å². The number of pyridine rings is 3. The van der Waals surface area contributed by atoms with Crippen LogP contribution in [0.25, 0.3) is 22.0 Å². The Labute approximate surface area is 133 Å². The van der Waals surface area contributed by atoms with E-state index in [1.54, 1.807) is 18.5 Å². The highest BCUT2D eigenvalue weighted by Crippen LogP contribution is 2.23. The number of hydrogen-bond acceptors (Lipinski definition) is 3. The van der Waals surface area contributed by atoms with Gasteiger partial charge in [0, 0.05) is 34.6 Å². The van der Waals surface area contributed by atoms with Crippen molar-refractivity contribution in [1.82, 2.24) is 15.0 Å². The van der Waals surface area contributed by atoms with Gasteiger partial charge in [0.05, 0.1) is 5.52 Å². The first kappa shape index (κ1) is 14.7. The van der Waals surface area contributed by atoms with E-state index in [0.29, 0.717) is 16.2 Å². The predicted octanol–water partition coefficient (Wildman–Crippen LogP) is 3.90. The fourth-order valence-corrected chi connectivity index (χ4v) is 2.72. The molecule has 0 aliphatic carbocycles. The van der Waals surface area contributed by atoms with Gasteiger partial charge in [0.1, 0.15) is 5.15 Å². The molecule has 3 aromatic rings. The van der Waals surface area contributed by atoms with E-state index in [-0.39, 0.29) is 5.56 Å². The van der Waals surface area contributed by atoms with Crippen LogP contribution >= 0.6 is 11.6 Å². The summed E-state index contributed by atoms with van der Waals surface area (Å²) >= 11 is 5.86. The van der Waals surface area contributed by atoms with Crippen molar-refractivity contribution in [3.8, 4) is 11.1 Å². The number of aryl methyl sites for hydroxylation is 2. The average molecular weight is 314 g/mol. The minimum absolute atomic E-state index is 0.150. The Morgan fingerprint density at radius 3 is 2.68 bits per heavy atom. The predicted molar refractivity (Wildman–Crippen MR) is 89.3 cm³/mol. The molecule has 3 rings (SSSR count). The zero-order chi connectivity index (χ0) is 15.7. The number of nitrogens with one attached hydrogen (secondary N) is 1. The Bertz CT molecular complexity index is 902. The molecular formula is C17H16ClN3O. The second kappa shape index (κ2) is 5.89. The third-order valence-electron chi connectivity index (χ3n) is 3.66. The molecule has 0 aliphatic rings. The first-order chi connectivity index (χ1) is 10.6. The normalized spacial score (nSPS) is 11.0. The lowest BCUT2D eigenvalue weighted by molar-refractivity contribution is 0.880. The minimum Gasteiger partial charge on any atom is -0.321 e. The lowest BCUT2D eigenvalue weighted by Crippen LogP contribution is -2.10. The van der Waals surface area contributed by atoms with Crippen molar-refractivity contribution >= 4 is 22.5 Å². The molecule has 0 unspecified atom stereocenters. The summed E-state index contributed by atoms with van der Waals surface area (Å²) in [4.78, 5) is 23.7. The highest BCUT2D eigenvalue weighted by Gasteiger charge is 2.10. The van der Waals surface area contributed by atoms with Crippen molar-refractivity contribution in [3.05, 3.63) is 57.4 Å². The largest absolute Gasteiger partial charge is 0.321 e. The van der Waals surface area contributed by atoms with Crippen molar-refractivity contribution in [1.29, 1.82) is 0 Å². The van der Waals surface area contributed by atoms with Gasteiger partial charge in [-0.2, -0.15) is 0 Å². The molecule has 0 bridgehead atoms. The van der Waals surface area contributed by atoms with Crippen LogP contribution in [0, 0.1) is 6.92 Å². The number of rotatable bonds is 3. The molecular weight excluding hydrogens is 298 g/mol. The van der Waals surface area contributed by atoms with Crippen LogP contribution in [0.15, 0.2) is 35.4 Å². The molecule has 1 N–H and O–H groups in total. The Morgan fingerprint density at radius 2 is 1.95 bits per heavy atom. The van der Waals surface area contributed by atoms with Gasteiger partial charge in [0.15, 0.2) is 0 Å².